The summed E-state index contributed by atoms with van der Waals surface area (Å²) in [6, 6.07) is 14.4. The van der Waals surface area contributed by atoms with Crippen LogP contribution in [0.2, 0.25) is 5.02 Å². The van der Waals surface area contributed by atoms with Crippen LogP contribution >= 0.6 is 34.2 Å². The van der Waals surface area contributed by atoms with Crippen LogP contribution in [0.15, 0.2) is 53.6 Å². The molecule has 1 amide bonds. The SMILES string of the molecule is COc1cc2ccccc2cc1C(=O)NN=Cc1cc(Cl)cc(I)c1O. The Morgan fingerprint density at radius 1 is 1.23 bits per heavy atom. The van der Waals surface area contributed by atoms with Gasteiger partial charge in [0.2, 0.25) is 0 Å². The molecular weight excluding hydrogens is 467 g/mol. The fourth-order valence-corrected chi connectivity index (χ4v) is 3.53. The van der Waals surface area contributed by atoms with E-state index in [0.29, 0.717) is 25.5 Å². The monoisotopic (exact) mass is 480 g/mol. The van der Waals surface area contributed by atoms with E-state index in [0.717, 1.165) is 10.8 Å². The predicted octanol–water partition coefficient (Wildman–Crippen LogP) is 4.58. The average Bonchev–Trinajstić information content (AvgIpc) is 2.64. The number of aromatic hydroxyl groups is 1. The van der Waals surface area contributed by atoms with Crippen molar-refractivity contribution >= 4 is 57.1 Å². The molecule has 0 atom stereocenters. The van der Waals surface area contributed by atoms with E-state index < -0.39 is 5.91 Å². The number of hydrogen-bond donors (Lipinski definition) is 2. The molecule has 2 N–H and O–H groups in total. The molecule has 0 bridgehead atoms. The summed E-state index contributed by atoms with van der Waals surface area (Å²) in [4.78, 5) is 12.5. The first-order valence-electron chi connectivity index (χ1n) is 7.58. The number of rotatable bonds is 4. The van der Waals surface area contributed by atoms with Gasteiger partial charge in [0.15, 0.2) is 0 Å². The lowest BCUT2D eigenvalue weighted by Gasteiger charge is -2.09. The van der Waals surface area contributed by atoms with E-state index in [1.807, 2.05) is 46.9 Å². The van der Waals surface area contributed by atoms with Gasteiger partial charge in [-0.25, -0.2) is 5.43 Å². The van der Waals surface area contributed by atoms with Crippen LogP contribution in [0.4, 0.5) is 0 Å². The summed E-state index contributed by atoms with van der Waals surface area (Å²) < 4.78 is 5.91. The highest BCUT2D eigenvalue weighted by Crippen LogP contribution is 2.28. The number of halogens is 2. The summed E-state index contributed by atoms with van der Waals surface area (Å²) in [6.45, 7) is 0. The molecule has 0 radical (unpaired) electrons. The fourth-order valence-electron chi connectivity index (χ4n) is 2.47. The Kier molecular flexibility index (Phi) is 5.63. The Labute approximate surface area is 168 Å². The third-order valence-electron chi connectivity index (χ3n) is 3.74. The third-order valence-corrected chi connectivity index (χ3v) is 4.78. The number of ether oxygens (including phenoxy) is 1. The van der Waals surface area contributed by atoms with Gasteiger partial charge in [0.1, 0.15) is 11.5 Å². The molecule has 3 rings (SSSR count). The lowest BCUT2D eigenvalue weighted by Crippen LogP contribution is -2.18. The molecule has 7 heteroatoms. The van der Waals surface area contributed by atoms with Gasteiger partial charge in [0.05, 0.1) is 22.5 Å². The van der Waals surface area contributed by atoms with Gasteiger partial charge in [0, 0.05) is 10.6 Å². The van der Waals surface area contributed by atoms with E-state index in [4.69, 9.17) is 16.3 Å². The van der Waals surface area contributed by atoms with E-state index >= 15 is 0 Å². The highest BCUT2D eigenvalue weighted by molar-refractivity contribution is 14.1. The van der Waals surface area contributed by atoms with Gasteiger partial charge in [-0.2, -0.15) is 5.10 Å². The van der Waals surface area contributed by atoms with Crippen molar-refractivity contribution in [2.45, 2.75) is 0 Å². The number of hydrogen-bond acceptors (Lipinski definition) is 4. The summed E-state index contributed by atoms with van der Waals surface area (Å²) in [5.74, 6) is 0.0907. The zero-order valence-electron chi connectivity index (χ0n) is 13.7. The number of phenols is 1. The molecule has 0 aromatic heterocycles. The Hall–Kier alpha value is -2.32. The first-order chi connectivity index (χ1) is 12.5. The molecule has 0 fully saturated rings. The van der Waals surface area contributed by atoms with Crippen molar-refractivity contribution in [2.24, 2.45) is 5.10 Å². The summed E-state index contributed by atoms with van der Waals surface area (Å²) in [5, 5.41) is 16.3. The molecule has 0 aliphatic carbocycles. The van der Waals surface area contributed by atoms with E-state index in [1.165, 1.54) is 13.3 Å². The maximum Gasteiger partial charge on any atom is 0.275 e. The van der Waals surface area contributed by atoms with Gasteiger partial charge >= 0.3 is 0 Å². The number of carbonyl (C=O) groups is 1. The number of methoxy groups -OCH3 is 1. The molecule has 0 unspecified atom stereocenters. The molecule has 0 aliphatic heterocycles. The second-order valence-corrected chi connectivity index (χ2v) is 7.02. The first-order valence-corrected chi connectivity index (χ1v) is 9.03. The maximum absolute atomic E-state index is 12.5. The molecule has 0 aliphatic rings. The van der Waals surface area contributed by atoms with Crippen molar-refractivity contribution in [3.8, 4) is 11.5 Å². The number of benzene rings is 3. The van der Waals surface area contributed by atoms with Crippen LogP contribution in [0.5, 0.6) is 11.5 Å². The topological polar surface area (TPSA) is 70.9 Å². The third kappa shape index (κ3) is 3.91. The number of hydrazone groups is 1. The van der Waals surface area contributed by atoms with E-state index in [2.05, 4.69) is 10.5 Å². The van der Waals surface area contributed by atoms with E-state index in [1.54, 1.807) is 24.3 Å². The lowest BCUT2D eigenvalue weighted by molar-refractivity contribution is 0.0952. The van der Waals surface area contributed by atoms with Crippen molar-refractivity contribution in [3.63, 3.8) is 0 Å². The van der Waals surface area contributed by atoms with E-state index in [-0.39, 0.29) is 5.75 Å². The average molecular weight is 481 g/mol. The number of amides is 1. The Morgan fingerprint density at radius 3 is 2.62 bits per heavy atom. The normalized spacial score (nSPS) is 11.0. The number of fused-ring (bicyclic) bond motifs is 1. The molecule has 26 heavy (non-hydrogen) atoms. The van der Waals surface area contributed by atoms with Gasteiger partial charge in [-0.15, -0.1) is 0 Å². The number of nitrogens with zero attached hydrogens (tertiary/aromatic N) is 1. The number of nitrogens with one attached hydrogen (secondary N) is 1. The molecule has 5 nitrogen and oxygen atoms in total. The summed E-state index contributed by atoms with van der Waals surface area (Å²) >= 11 is 7.94. The lowest BCUT2D eigenvalue weighted by atomic mass is 10.1. The van der Waals surface area contributed by atoms with E-state index in [9.17, 15) is 9.90 Å². The molecular formula is C19H14ClIN2O3. The highest BCUT2D eigenvalue weighted by Gasteiger charge is 2.13. The maximum atomic E-state index is 12.5. The number of carbonyl (C=O) groups excluding carboxylic acids is 1. The van der Waals surface area contributed by atoms with Gasteiger partial charge in [-0.1, -0.05) is 35.9 Å². The second-order valence-electron chi connectivity index (χ2n) is 5.42. The van der Waals surface area contributed by atoms with Gasteiger partial charge in [-0.3, -0.25) is 4.79 Å². The summed E-state index contributed by atoms with van der Waals surface area (Å²) in [7, 11) is 1.51. The Balaban J connectivity index is 1.85. The smallest absolute Gasteiger partial charge is 0.275 e. The fraction of sp³-hybridized carbons (Fsp3) is 0.0526. The minimum absolute atomic E-state index is 0.0521. The van der Waals surface area contributed by atoms with Crippen LogP contribution < -0.4 is 10.2 Å². The van der Waals surface area contributed by atoms with Crippen LogP contribution in [0, 0.1) is 3.57 Å². The van der Waals surface area contributed by atoms with Crippen LogP contribution in [-0.2, 0) is 0 Å². The molecule has 0 spiro atoms. The minimum Gasteiger partial charge on any atom is -0.506 e. The van der Waals surface area contributed by atoms with Crippen molar-refractivity contribution in [1.82, 2.24) is 5.43 Å². The van der Waals surface area contributed by atoms with Gasteiger partial charge < -0.3 is 9.84 Å². The first kappa shape index (κ1) is 18.5. The minimum atomic E-state index is -0.417. The Morgan fingerprint density at radius 2 is 1.92 bits per heavy atom. The summed E-state index contributed by atoms with van der Waals surface area (Å²) in [5.41, 5.74) is 3.23. The highest BCUT2D eigenvalue weighted by atomic mass is 127. The van der Waals surface area contributed by atoms with Gasteiger partial charge in [0.25, 0.3) is 5.91 Å². The van der Waals surface area contributed by atoms with Crippen LogP contribution in [-0.4, -0.2) is 24.3 Å². The Bertz CT molecular complexity index is 1020. The largest absolute Gasteiger partial charge is 0.506 e. The van der Waals surface area contributed by atoms with Gasteiger partial charge in [-0.05, 0) is 57.6 Å². The van der Waals surface area contributed by atoms with Crippen LogP contribution in [0.25, 0.3) is 10.8 Å². The van der Waals surface area contributed by atoms with Crippen molar-refractivity contribution < 1.29 is 14.6 Å². The zero-order valence-corrected chi connectivity index (χ0v) is 16.6. The van der Waals surface area contributed by atoms with Crippen LogP contribution in [0.1, 0.15) is 15.9 Å². The molecule has 0 heterocycles. The predicted molar refractivity (Wildman–Crippen MR) is 111 cm³/mol. The molecule has 0 saturated carbocycles. The number of phenolic OH excluding ortho intramolecular Hbond substituents is 1. The summed E-state index contributed by atoms with van der Waals surface area (Å²) in [6.07, 6.45) is 1.34. The van der Waals surface area contributed by atoms with Crippen molar-refractivity contribution in [2.75, 3.05) is 7.11 Å². The molecule has 3 aromatic rings. The second kappa shape index (κ2) is 7.92. The zero-order chi connectivity index (χ0) is 18.7. The van der Waals surface area contributed by atoms with Crippen molar-refractivity contribution in [3.05, 3.63) is 68.3 Å². The van der Waals surface area contributed by atoms with Crippen LogP contribution in [0.3, 0.4) is 0 Å². The molecule has 0 saturated heterocycles. The quantitative estimate of drug-likeness (QED) is 0.326. The standard InChI is InChI=1S/C19H14ClIN2O3/c1-26-17-8-12-5-3-2-4-11(12)7-15(17)19(25)23-22-10-13-6-14(20)9-16(21)18(13)24/h2-10,24H,1H3,(H,23,25). The molecule has 132 valence electrons. The van der Waals surface area contributed by atoms with Crippen molar-refractivity contribution in [1.29, 1.82) is 0 Å². The molecule has 3 aromatic carbocycles.